The first-order chi connectivity index (χ1) is 15.1. The molecule has 0 saturated carbocycles. The van der Waals surface area contributed by atoms with Gasteiger partial charge in [-0.3, -0.25) is 24.6 Å². The Hall–Kier alpha value is -2.66. The third-order valence-corrected chi connectivity index (χ3v) is 6.31. The molecule has 174 valence electrons. The summed E-state index contributed by atoms with van der Waals surface area (Å²) in [7, 11) is 0. The van der Waals surface area contributed by atoms with Crippen LogP contribution in [0.1, 0.15) is 31.7 Å². The van der Waals surface area contributed by atoms with Gasteiger partial charge in [-0.1, -0.05) is 19.1 Å². The topological polar surface area (TPSA) is 103 Å². The summed E-state index contributed by atoms with van der Waals surface area (Å²) in [6.07, 6.45) is -4.14. The predicted octanol–water partition coefficient (Wildman–Crippen LogP) is 1.46. The number of likely N-dealkylation sites (tertiary alicyclic amines) is 1. The summed E-state index contributed by atoms with van der Waals surface area (Å²) < 4.78 is 39.9. The number of amides is 3. The van der Waals surface area contributed by atoms with Crippen LogP contribution >= 0.6 is 0 Å². The zero-order chi connectivity index (χ0) is 23.0. The molecule has 5 unspecified atom stereocenters. The number of benzene rings is 1. The van der Waals surface area contributed by atoms with Gasteiger partial charge in [-0.15, -0.1) is 0 Å². The van der Waals surface area contributed by atoms with Gasteiger partial charge in [-0.05, 0) is 30.9 Å². The van der Waals surface area contributed by atoms with E-state index in [1.165, 1.54) is 12.1 Å². The second kappa shape index (κ2) is 8.70. The normalized spacial score (nSPS) is 31.3. The highest BCUT2D eigenvalue weighted by Crippen LogP contribution is 2.36. The van der Waals surface area contributed by atoms with Gasteiger partial charge < -0.3 is 16.0 Å². The number of hydrogen-bond acceptors (Lipinski definition) is 5. The Balaban J connectivity index is 1.52. The summed E-state index contributed by atoms with van der Waals surface area (Å²) in [6, 6.07) is 4.61. The number of halogens is 3. The van der Waals surface area contributed by atoms with E-state index in [0.717, 1.165) is 38.1 Å². The number of anilines is 1. The zero-order valence-electron chi connectivity index (χ0n) is 17.5. The molecule has 1 aromatic carbocycles. The number of nitrogens with zero attached hydrogens (tertiary/aromatic N) is 1. The smallest absolute Gasteiger partial charge is 0.340 e. The summed E-state index contributed by atoms with van der Waals surface area (Å²) in [4.78, 5) is 40.3. The molecule has 0 aromatic heterocycles. The van der Waals surface area contributed by atoms with Gasteiger partial charge in [0.25, 0.3) is 0 Å². The van der Waals surface area contributed by atoms with E-state index in [1.807, 2.05) is 0 Å². The van der Waals surface area contributed by atoms with Crippen molar-refractivity contribution < 1.29 is 27.6 Å². The monoisotopic (exact) mass is 453 g/mol. The van der Waals surface area contributed by atoms with Gasteiger partial charge in [0.2, 0.25) is 17.7 Å². The van der Waals surface area contributed by atoms with E-state index < -0.39 is 59.4 Å². The molecule has 11 heteroatoms. The summed E-state index contributed by atoms with van der Waals surface area (Å²) >= 11 is 0. The molecule has 3 amide bonds. The highest BCUT2D eigenvalue weighted by Gasteiger charge is 2.49. The molecule has 3 saturated heterocycles. The highest BCUT2D eigenvalue weighted by atomic mass is 19.4. The number of nitrogens with one attached hydrogen (secondary N) is 4. The van der Waals surface area contributed by atoms with E-state index in [4.69, 9.17) is 0 Å². The van der Waals surface area contributed by atoms with Crippen LogP contribution in [-0.2, 0) is 20.6 Å². The number of alkyl halides is 3. The van der Waals surface area contributed by atoms with Crippen LogP contribution in [0.15, 0.2) is 24.3 Å². The standard InChI is InChI=1S/C21H26F3N5O3/c1-11-5-4-8-29(10-11)20-27-17-16(19(32)28-20)12(9-15(30)26-17)18(31)25-14-7-3-2-6-13(14)21(22,23)24/h2-3,6-7,11-12,16-17,20,27H,4-5,8-10H2,1H3,(H,25,31)(H,26,30)(H,28,32). The lowest BCUT2D eigenvalue weighted by atomic mass is 9.81. The third kappa shape index (κ3) is 4.58. The lowest BCUT2D eigenvalue weighted by Crippen LogP contribution is -2.74. The molecule has 0 bridgehead atoms. The molecular formula is C21H26F3N5O3. The van der Waals surface area contributed by atoms with Crippen LogP contribution in [0.3, 0.4) is 0 Å². The molecule has 3 aliphatic heterocycles. The number of para-hydroxylation sites is 1. The van der Waals surface area contributed by atoms with Gasteiger partial charge >= 0.3 is 6.18 Å². The van der Waals surface area contributed by atoms with Crippen LogP contribution < -0.4 is 21.3 Å². The maximum atomic E-state index is 13.3. The lowest BCUT2D eigenvalue weighted by molar-refractivity contribution is -0.148. The predicted molar refractivity (Wildman–Crippen MR) is 109 cm³/mol. The molecular weight excluding hydrogens is 427 g/mol. The molecule has 3 heterocycles. The van der Waals surface area contributed by atoms with E-state index >= 15 is 0 Å². The van der Waals surface area contributed by atoms with Crippen molar-refractivity contribution >= 4 is 23.4 Å². The Morgan fingerprint density at radius 3 is 2.66 bits per heavy atom. The van der Waals surface area contributed by atoms with E-state index in [9.17, 15) is 27.6 Å². The maximum absolute atomic E-state index is 13.3. The van der Waals surface area contributed by atoms with E-state index in [-0.39, 0.29) is 6.42 Å². The second-order valence-corrected chi connectivity index (χ2v) is 8.73. The molecule has 5 atom stereocenters. The minimum absolute atomic E-state index is 0.290. The minimum Gasteiger partial charge on any atom is -0.340 e. The summed E-state index contributed by atoms with van der Waals surface area (Å²) in [5.74, 6) is -3.24. The van der Waals surface area contributed by atoms with Crippen LogP contribution in [0.2, 0.25) is 0 Å². The Kier molecular flexibility index (Phi) is 6.13. The average molecular weight is 453 g/mol. The lowest BCUT2D eigenvalue weighted by Gasteiger charge is -2.47. The first kappa shape index (κ1) is 22.5. The van der Waals surface area contributed by atoms with Crippen LogP contribution in [0.5, 0.6) is 0 Å². The minimum atomic E-state index is -4.65. The van der Waals surface area contributed by atoms with Gasteiger partial charge in [0.05, 0.1) is 29.3 Å². The fourth-order valence-corrected chi connectivity index (χ4v) is 4.78. The molecule has 0 aliphatic carbocycles. The molecule has 3 fully saturated rings. The summed E-state index contributed by atoms with van der Waals surface area (Å²) in [5, 5.41) is 11.1. The van der Waals surface area contributed by atoms with Gasteiger partial charge in [0.15, 0.2) is 0 Å². The molecule has 4 N–H and O–H groups in total. The van der Waals surface area contributed by atoms with E-state index in [0.29, 0.717) is 5.92 Å². The van der Waals surface area contributed by atoms with Crippen molar-refractivity contribution in [1.82, 2.24) is 20.9 Å². The van der Waals surface area contributed by atoms with Crippen molar-refractivity contribution in [2.75, 3.05) is 18.4 Å². The van der Waals surface area contributed by atoms with Crippen molar-refractivity contribution in [2.24, 2.45) is 17.8 Å². The number of carbonyl (C=O) groups is 3. The summed E-state index contributed by atoms with van der Waals surface area (Å²) in [5.41, 5.74) is -1.40. The van der Waals surface area contributed by atoms with E-state index in [1.54, 1.807) is 0 Å². The summed E-state index contributed by atoms with van der Waals surface area (Å²) in [6.45, 7) is 3.69. The zero-order valence-corrected chi connectivity index (χ0v) is 17.5. The van der Waals surface area contributed by atoms with Crippen LogP contribution in [0.25, 0.3) is 0 Å². The largest absolute Gasteiger partial charge is 0.418 e. The van der Waals surface area contributed by atoms with Crippen LogP contribution in [0, 0.1) is 17.8 Å². The first-order valence-corrected chi connectivity index (χ1v) is 10.7. The van der Waals surface area contributed by atoms with Gasteiger partial charge in [-0.2, -0.15) is 13.2 Å². The molecule has 0 spiro atoms. The molecule has 4 rings (SSSR count). The van der Waals surface area contributed by atoms with Crippen LogP contribution in [-0.4, -0.2) is 48.2 Å². The Bertz CT molecular complexity index is 909. The first-order valence-electron chi connectivity index (χ1n) is 10.7. The quantitative estimate of drug-likeness (QED) is 0.555. The van der Waals surface area contributed by atoms with Gasteiger partial charge in [0.1, 0.15) is 6.29 Å². The number of hydrogen-bond donors (Lipinski definition) is 4. The molecule has 3 aliphatic rings. The molecule has 0 radical (unpaired) electrons. The fourth-order valence-electron chi connectivity index (χ4n) is 4.78. The van der Waals surface area contributed by atoms with Crippen molar-refractivity contribution in [3.63, 3.8) is 0 Å². The Labute approximate surface area is 183 Å². The van der Waals surface area contributed by atoms with Crippen molar-refractivity contribution in [2.45, 2.75) is 44.8 Å². The number of carbonyl (C=O) groups excluding carboxylic acids is 3. The van der Waals surface area contributed by atoms with E-state index in [2.05, 4.69) is 33.1 Å². The van der Waals surface area contributed by atoms with Gasteiger partial charge in [0, 0.05) is 19.5 Å². The highest BCUT2D eigenvalue weighted by molar-refractivity contribution is 6.00. The third-order valence-electron chi connectivity index (χ3n) is 6.31. The second-order valence-electron chi connectivity index (χ2n) is 8.73. The molecule has 32 heavy (non-hydrogen) atoms. The maximum Gasteiger partial charge on any atom is 0.418 e. The Morgan fingerprint density at radius 2 is 1.94 bits per heavy atom. The number of fused-ring (bicyclic) bond motifs is 1. The van der Waals surface area contributed by atoms with Crippen molar-refractivity contribution in [3.05, 3.63) is 29.8 Å². The van der Waals surface area contributed by atoms with Crippen molar-refractivity contribution in [3.8, 4) is 0 Å². The average Bonchev–Trinajstić information content (AvgIpc) is 2.72. The molecule has 8 nitrogen and oxygen atoms in total. The van der Waals surface area contributed by atoms with Gasteiger partial charge in [-0.25, -0.2) is 0 Å². The fraction of sp³-hybridized carbons (Fsp3) is 0.571. The van der Waals surface area contributed by atoms with Crippen LogP contribution in [0.4, 0.5) is 18.9 Å². The number of piperidine rings is 2. The van der Waals surface area contributed by atoms with Crippen molar-refractivity contribution in [1.29, 1.82) is 0 Å². The molecule has 1 aromatic rings. The SMILES string of the molecule is CC1CCCN(C2NC(=O)C3C(NC(=O)CC3C(=O)Nc3ccccc3C(F)(F)F)N2)C1. The Morgan fingerprint density at radius 1 is 1.19 bits per heavy atom. The number of rotatable bonds is 3.